The molecule has 2 heterocycles. The van der Waals surface area contributed by atoms with Crippen molar-refractivity contribution < 1.29 is 13.9 Å². The highest BCUT2D eigenvalue weighted by molar-refractivity contribution is 5.93. The molecule has 0 aliphatic carbocycles. The molecule has 1 aliphatic heterocycles. The van der Waals surface area contributed by atoms with E-state index in [1.54, 1.807) is 12.1 Å². The Balaban J connectivity index is 1.84. The third-order valence-electron chi connectivity index (χ3n) is 5.30. The maximum absolute atomic E-state index is 13.2. The largest absolute Gasteiger partial charge is 0.379 e. The van der Waals surface area contributed by atoms with Gasteiger partial charge in [0.25, 0.3) is 0 Å². The van der Waals surface area contributed by atoms with Crippen LogP contribution in [0.5, 0.6) is 0 Å². The molecular weight excluding hydrogens is 359 g/mol. The number of hydrogen-bond donors (Lipinski definition) is 1. The van der Waals surface area contributed by atoms with Crippen LogP contribution in [-0.4, -0.2) is 47.7 Å². The number of nitriles is 1. The molecule has 0 saturated carbocycles. The lowest BCUT2D eigenvalue weighted by Gasteiger charge is -2.32. The first-order valence-corrected chi connectivity index (χ1v) is 9.36. The molecule has 1 saturated heterocycles. The molecule has 0 bridgehead atoms. The quantitative estimate of drug-likeness (QED) is 0.861. The fraction of sp³-hybridized carbons (Fsp3) is 0.429. The van der Waals surface area contributed by atoms with Crippen molar-refractivity contribution in [1.29, 1.82) is 5.26 Å². The zero-order valence-corrected chi connectivity index (χ0v) is 16.5. The molecule has 2 aromatic rings. The van der Waals surface area contributed by atoms with Gasteiger partial charge in [-0.1, -0.05) is 12.1 Å². The van der Waals surface area contributed by atoms with Gasteiger partial charge in [-0.05, 0) is 44.0 Å². The molecule has 1 fully saturated rings. The third-order valence-corrected chi connectivity index (χ3v) is 5.30. The third kappa shape index (κ3) is 4.24. The van der Waals surface area contributed by atoms with Gasteiger partial charge < -0.3 is 14.6 Å². The highest BCUT2D eigenvalue weighted by Crippen LogP contribution is 2.27. The Morgan fingerprint density at radius 2 is 2.07 bits per heavy atom. The van der Waals surface area contributed by atoms with Crippen molar-refractivity contribution in [2.24, 2.45) is 0 Å². The van der Waals surface area contributed by atoms with E-state index in [1.165, 1.54) is 12.1 Å². The van der Waals surface area contributed by atoms with Gasteiger partial charge in [-0.3, -0.25) is 9.69 Å². The van der Waals surface area contributed by atoms with E-state index < -0.39 is 0 Å². The van der Waals surface area contributed by atoms with Gasteiger partial charge in [0, 0.05) is 24.8 Å². The second kappa shape index (κ2) is 8.55. The predicted molar refractivity (Wildman–Crippen MR) is 105 cm³/mol. The van der Waals surface area contributed by atoms with Crippen LogP contribution in [0.1, 0.15) is 29.3 Å². The highest BCUT2D eigenvalue weighted by Gasteiger charge is 2.24. The monoisotopic (exact) mass is 384 g/mol. The Kier molecular flexibility index (Phi) is 6.12. The topological polar surface area (TPSA) is 70.3 Å². The van der Waals surface area contributed by atoms with E-state index in [2.05, 4.69) is 16.3 Å². The van der Waals surface area contributed by atoms with Crippen LogP contribution < -0.4 is 5.32 Å². The lowest BCUT2D eigenvalue weighted by molar-refractivity contribution is -0.119. The van der Waals surface area contributed by atoms with Gasteiger partial charge in [-0.2, -0.15) is 5.26 Å². The zero-order valence-electron chi connectivity index (χ0n) is 16.5. The molecule has 1 aliphatic rings. The molecule has 28 heavy (non-hydrogen) atoms. The predicted octanol–water partition coefficient (Wildman–Crippen LogP) is 2.82. The van der Waals surface area contributed by atoms with E-state index in [0.29, 0.717) is 37.7 Å². The fourth-order valence-electron chi connectivity index (χ4n) is 3.45. The van der Waals surface area contributed by atoms with Crippen LogP contribution in [0.15, 0.2) is 24.3 Å². The van der Waals surface area contributed by atoms with E-state index in [-0.39, 0.29) is 24.3 Å². The number of hydrogen-bond acceptors (Lipinski definition) is 4. The van der Waals surface area contributed by atoms with Gasteiger partial charge in [0.15, 0.2) is 0 Å². The maximum Gasteiger partial charge on any atom is 0.239 e. The summed E-state index contributed by atoms with van der Waals surface area (Å²) in [5, 5.41) is 12.6. The Labute approximate surface area is 164 Å². The second-order valence-electron chi connectivity index (χ2n) is 7.20. The number of nitrogens with one attached hydrogen (secondary N) is 1. The number of rotatable bonds is 5. The van der Waals surface area contributed by atoms with Crippen molar-refractivity contribution >= 4 is 11.7 Å². The number of halogens is 1. The molecule has 1 aromatic carbocycles. The van der Waals surface area contributed by atoms with Gasteiger partial charge in [-0.15, -0.1) is 0 Å². The molecule has 1 atom stereocenters. The van der Waals surface area contributed by atoms with E-state index in [9.17, 15) is 14.4 Å². The number of ether oxygens (including phenoxy) is 1. The molecular formula is C21H25FN4O2. The van der Waals surface area contributed by atoms with Gasteiger partial charge in [-0.25, -0.2) is 4.39 Å². The first kappa shape index (κ1) is 20.1. The summed E-state index contributed by atoms with van der Waals surface area (Å²) in [7, 11) is 0. The number of amides is 1. The van der Waals surface area contributed by atoms with Crippen molar-refractivity contribution in [2.45, 2.75) is 33.4 Å². The minimum absolute atomic E-state index is 0.164. The van der Waals surface area contributed by atoms with Gasteiger partial charge >= 0.3 is 0 Å². The molecule has 3 rings (SSSR count). The Bertz CT molecular complexity index is 899. The summed E-state index contributed by atoms with van der Waals surface area (Å²) >= 11 is 0. The van der Waals surface area contributed by atoms with Crippen molar-refractivity contribution in [3.63, 3.8) is 0 Å². The van der Waals surface area contributed by atoms with E-state index in [0.717, 1.165) is 16.8 Å². The first-order valence-electron chi connectivity index (χ1n) is 9.36. The van der Waals surface area contributed by atoms with E-state index >= 15 is 0 Å². The average Bonchev–Trinajstić information content (AvgIpc) is 2.89. The van der Waals surface area contributed by atoms with Crippen LogP contribution >= 0.6 is 0 Å². The minimum atomic E-state index is -0.296. The lowest BCUT2D eigenvalue weighted by atomic mass is 10.2. The summed E-state index contributed by atoms with van der Waals surface area (Å²) in [4.78, 5) is 14.8. The van der Waals surface area contributed by atoms with Crippen LogP contribution in [0, 0.1) is 31.0 Å². The van der Waals surface area contributed by atoms with Crippen molar-refractivity contribution in [1.82, 2.24) is 9.47 Å². The average molecular weight is 384 g/mol. The summed E-state index contributed by atoms with van der Waals surface area (Å²) in [5.41, 5.74) is 3.08. The van der Waals surface area contributed by atoms with Crippen LogP contribution in [0.25, 0.3) is 0 Å². The smallest absolute Gasteiger partial charge is 0.239 e. The standard InChI is InChI=1S/C21H25FN4O2/c1-14-13-28-9-8-25(14)12-20(27)24-21-19(10-23)15(2)16(3)26(21)11-17-4-6-18(22)7-5-17/h4-7,14H,8-9,11-13H2,1-3H3,(H,24,27). The van der Waals surface area contributed by atoms with E-state index in [1.807, 2.05) is 25.3 Å². The Morgan fingerprint density at radius 1 is 1.36 bits per heavy atom. The fourth-order valence-corrected chi connectivity index (χ4v) is 3.45. The summed E-state index contributed by atoms with van der Waals surface area (Å²) in [6.07, 6.45) is 0. The second-order valence-corrected chi connectivity index (χ2v) is 7.20. The van der Waals surface area contributed by atoms with Crippen LogP contribution in [0.2, 0.25) is 0 Å². The summed E-state index contributed by atoms with van der Waals surface area (Å²) in [5.74, 6) is 0.0332. The Morgan fingerprint density at radius 3 is 2.71 bits per heavy atom. The normalized spacial score (nSPS) is 17.3. The molecule has 6 nitrogen and oxygen atoms in total. The van der Waals surface area contributed by atoms with Crippen molar-refractivity contribution in [3.05, 3.63) is 52.5 Å². The highest BCUT2D eigenvalue weighted by atomic mass is 19.1. The minimum Gasteiger partial charge on any atom is -0.379 e. The maximum atomic E-state index is 13.2. The van der Waals surface area contributed by atoms with Crippen molar-refractivity contribution in [2.75, 3.05) is 31.6 Å². The van der Waals surface area contributed by atoms with Gasteiger partial charge in [0.1, 0.15) is 17.7 Å². The molecule has 0 spiro atoms. The van der Waals surface area contributed by atoms with Crippen LogP contribution in [0.3, 0.4) is 0 Å². The number of carbonyl (C=O) groups is 1. The molecule has 1 aromatic heterocycles. The lowest BCUT2D eigenvalue weighted by Crippen LogP contribution is -2.47. The number of morpholine rings is 1. The van der Waals surface area contributed by atoms with Gasteiger partial charge in [0.2, 0.25) is 5.91 Å². The number of nitrogens with zero attached hydrogens (tertiary/aromatic N) is 3. The van der Waals surface area contributed by atoms with E-state index in [4.69, 9.17) is 4.74 Å². The SMILES string of the molecule is Cc1c(C#N)c(NC(=O)CN2CCOCC2C)n(Cc2ccc(F)cc2)c1C. The van der Waals surface area contributed by atoms with Crippen LogP contribution in [0.4, 0.5) is 10.2 Å². The molecule has 1 unspecified atom stereocenters. The van der Waals surface area contributed by atoms with Crippen molar-refractivity contribution in [3.8, 4) is 6.07 Å². The number of aromatic nitrogens is 1. The molecule has 148 valence electrons. The number of carbonyl (C=O) groups excluding carboxylic acids is 1. The molecule has 0 radical (unpaired) electrons. The zero-order chi connectivity index (χ0) is 20.3. The summed E-state index contributed by atoms with van der Waals surface area (Å²) in [6.45, 7) is 8.42. The molecule has 1 amide bonds. The number of anilines is 1. The van der Waals surface area contributed by atoms with Gasteiger partial charge in [0.05, 0.1) is 25.3 Å². The summed E-state index contributed by atoms with van der Waals surface area (Å²) in [6, 6.07) is 8.60. The summed E-state index contributed by atoms with van der Waals surface area (Å²) < 4.78 is 20.5. The number of benzene rings is 1. The first-order chi connectivity index (χ1) is 13.4. The van der Waals surface area contributed by atoms with Crippen LogP contribution in [-0.2, 0) is 16.1 Å². The molecule has 7 heteroatoms. The Hall–Kier alpha value is -2.69. The molecule has 1 N–H and O–H groups in total.